The van der Waals surface area contributed by atoms with Crippen molar-refractivity contribution >= 4 is 17.9 Å². The molecule has 0 saturated carbocycles. The van der Waals surface area contributed by atoms with Crippen molar-refractivity contribution < 1.29 is 23.6 Å². The van der Waals surface area contributed by atoms with Gasteiger partial charge in [-0.15, -0.1) is 5.10 Å². The fourth-order valence-corrected chi connectivity index (χ4v) is 3.17. The Kier molecular flexibility index (Phi) is 6.34. The van der Waals surface area contributed by atoms with Crippen LogP contribution in [0, 0.1) is 0 Å². The van der Waals surface area contributed by atoms with E-state index in [0.717, 1.165) is 0 Å². The number of nitrogens with zero attached hydrogens (tertiary/aromatic N) is 6. The highest BCUT2D eigenvalue weighted by molar-refractivity contribution is 5.98. The molecule has 0 atom stereocenters. The first kappa shape index (κ1) is 22.3. The lowest BCUT2D eigenvalue weighted by Crippen LogP contribution is -2.19. The number of nitrogen functional groups attached to an aromatic ring is 1. The number of carbonyl (C=O) groups excluding carboxylic acids is 1. The van der Waals surface area contributed by atoms with Crippen LogP contribution >= 0.6 is 0 Å². The molecular weight excluding hydrogens is 444 g/mol. The van der Waals surface area contributed by atoms with Crippen LogP contribution in [0.15, 0.2) is 52.2 Å². The van der Waals surface area contributed by atoms with Gasteiger partial charge in [0, 0.05) is 11.1 Å². The molecule has 13 nitrogen and oxygen atoms in total. The molecule has 0 saturated heterocycles. The second-order valence-electron chi connectivity index (χ2n) is 6.70. The number of hydrogen-bond donors (Lipinski definition) is 2. The van der Waals surface area contributed by atoms with E-state index in [1.807, 2.05) is 6.07 Å². The number of methoxy groups -OCH3 is 3. The summed E-state index contributed by atoms with van der Waals surface area (Å²) in [4.78, 5) is 12.9. The third-order valence-corrected chi connectivity index (χ3v) is 4.70. The van der Waals surface area contributed by atoms with Crippen molar-refractivity contribution in [3.05, 3.63) is 53.7 Å². The Morgan fingerprint density at radius 1 is 1.09 bits per heavy atom. The van der Waals surface area contributed by atoms with Gasteiger partial charge < -0.3 is 19.9 Å². The van der Waals surface area contributed by atoms with Gasteiger partial charge in [-0.2, -0.15) is 9.78 Å². The molecule has 0 unspecified atom stereocenters. The SMILES string of the molecule is COc1cc(/C=N\NC(=O)c2nnn(-c3nonc3N)c2-c2ccccc2)cc(OC)c1OC. The quantitative estimate of drug-likeness (QED) is 0.289. The Morgan fingerprint density at radius 3 is 2.38 bits per heavy atom. The van der Waals surface area contributed by atoms with E-state index >= 15 is 0 Å². The molecule has 174 valence electrons. The van der Waals surface area contributed by atoms with Gasteiger partial charge in [-0.25, -0.2) is 10.1 Å². The number of aromatic nitrogens is 5. The molecule has 34 heavy (non-hydrogen) atoms. The van der Waals surface area contributed by atoms with Crippen LogP contribution < -0.4 is 25.4 Å². The first-order valence-electron chi connectivity index (χ1n) is 9.80. The zero-order valence-corrected chi connectivity index (χ0v) is 18.4. The molecule has 2 aromatic carbocycles. The van der Waals surface area contributed by atoms with Crippen LogP contribution in [0.4, 0.5) is 5.82 Å². The Labute approximate surface area is 193 Å². The van der Waals surface area contributed by atoms with Gasteiger partial charge in [-0.1, -0.05) is 35.5 Å². The zero-order chi connectivity index (χ0) is 24.1. The van der Waals surface area contributed by atoms with E-state index in [0.29, 0.717) is 34.1 Å². The maximum absolute atomic E-state index is 12.9. The minimum Gasteiger partial charge on any atom is -0.493 e. The van der Waals surface area contributed by atoms with Crippen LogP contribution in [0.25, 0.3) is 17.1 Å². The van der Waals surface area contributed by atoms with Gasteiger partial charge in [0.05, 0.1) is 27.5 Å². The molecule has 4 rings (SSSR count). The van der Waals surface area contributed by atoms with Gasteiger partial charge in [-0.05, 0) is 22.4 Å². The van der Waals surface area contributed by atoms with Gasteiger partial charge in [0.2, 0.25) is 17.4 Å². The topological polar surface area (TPSA) is 165 Å². The lowest BCUT2D eigenvalue weighted by atomic mass is 10.1. The molecule has 0 aliphatic rings. The van der Waals surface area contributed by atoms with E-state index in [-0.39, 0.29) is 17.3 Å². The monoisotopic (exact) mass is 464 g/mol. The van der Waals surface area contributed by atoms with E-state index in [9.17, 15) is 4.79 Å². The maximum Gasteiger partial charge on any atom is 0.294 e. The Morgan fingerprint density at radius 2 is 1.79 bits per heavy atom. The van der Waals surface area contributed by atoms with Crippen molar-refractivity contribution in [3.8, 4) is 34.3 Å². The molecule has 0 bridgehead atoms. The molecule has 3 N–H and O–H groups in total. The summed E-state index contributed by atoms with van der Waals surface area (Å²) in [5, 5.41) is 19.3. The third kappa shape index (κ3) is 4.21. The summed E-state index contributed by atoms with van der Waals surface area (Å²) in [6.07, 6.45) is 1.43. The molecule has 2 aromatic heterocycles. The second-order valence-corrected chi connectivity index (χ2v) is 6.70. The van der Waals surface area contributed by atoms with Crippen molar-refractivity contribution in [2.75, 3.05) is 27.1 Å². The Bertz CT molecular complexity index is 1310. The summed E-state index contributed by atoms with van der Waals surface area (Å²) < 4.78 is 21.9. The summed E-state index contributed by atoms with van der Waals surface area (Å²) in [7, 11) is 4.52. The number of nitrogens with one attached hydrogen (secondary N) is 1. The van der Waals surface area contributed by atoms with Crippen LogP contribution in [-0.2, 0) is 0 Å². The third-order valence-electron chi connectivity index (χ3n) is 4.70. The first-order chi connectivity index (χ1) is 16.6. The van der Waals surface area contributed by atoms with Gasteiger partial charge in [0.25, 0.3) is 5.91 Å². The molecule has 0 aliphatic carbocycles. The summed E-state index contributed by atoms with van der Waals surface area (Å²) in [5.41, 5.74) is 9.83. The average Bonchev–Trinajstić information content (AvgIpc) is 3.49. The number of hydrogen-bond acceptors (Lipinski definition) is 11. The minimum absolute atomic E-state index is 0.00404. The maximum atomic E-state index is 12.9. The van der Waals surface area contributed by atoms with Crippen LogP contribution in [0.5, 0.6) is 17.2 Å². The van der Waals surface area contributed by atoms with Gasteiger partial charge in [-0.3, -0.25) is 4.79 Å². The molecule has 0 radical (unpaired) electrons. The molecule has 0 aliphatic heterocycles. The highest BCUT2D eigenvalue weighted by atomic mass is 16.6. The number of ether oxygens (including phenoxy) is 3. The summed E-state index contributed by atoms with van der Waals surface area (Å²) in [5.74, 6) is 0.826. The predicted molar refractivity (Wildman–Crippen MR) is 120 cm³/mol. The summed E-state index contributed by atoms with van der Waals surface area (Å²) in [6.45, 7) is 0. The Balaban J connectivity index is 1.64. The smallest absolute Gasteiger partial charge is 0.294 e. The van der Waals surface area contributed by atoms with Gasteiger partial charge in [0.1, 0.15) is 5.69 Å². The number of rotatable bonds is 8. The van der Waals surface area contributed by atoms with Gasteiger partial charge in [0.15, 0.2) is 17.2 Å². The highest BCUT2D eigenvalue weighted by Gasteiger charge is 2.25. The van der Waals surface area contributed by atoms with Crippen LogP contribution in [0.2, 0.25) is 0 Å². The lowest BCUT2D eigenvalue weighted by Gasteiger charge is -2.12. The number of carbonyl (C=O) groups is 1. The number of anilines is 1. The molecule has 1 amide bonds. The largest absolute Gasteiger partial charge is 0.493 e. The van der Waals surface area contributed by atoms with Crippen LogP contribution in [0.3, 0.4) is 0 Å². The normalized spacial score (nSPS) is 10.9. The fraction of sp³-hybridized carbons (Fsp3) is 0.143. The van der Waals surface area contributed by atoms with Crippen molar-refractivity contribution in [2.45, 2.75) is 0 Å². The first-order valence-corrected chi connectivity index (χ1v) is 9.80. The van der Waals surface area contributed by atoms with E-state index in [2.05, 4.69) is 35.8 Å². The predicted octanol–water partition coefficient (Wildman–Crippen LogP) is 1.69. The molecule has 0 spiro atoms. The lowest BCUT2D eigenvalue weighted by molar-refractivity contribution is 0.0950. The van der Waals surface area contributed by atoms with Gasteiger partial charge >= 0.3 is 0 Å². The highest BCUT2D eigenvalue weighted by Crippen LogP contribution is 2.37. The van der Waals surface area contributed by atoms with Crippen molar-refractivity contribution in [1.29, 1.82) is 0 Å². The molecular formula is C21H20N8O5. The number of benzene rings is 2. The van der Waals surface area contributed by atoms with Crippen molar-refractivity contribution in [3.63, 3.8) is 0 Å². The molecule has 2 heterocycles. The molecule has 13 heteroatoms. The molecule has 4 aromatic rings. The van der Waals surface area contributed by atoms with Crippen LogP contribution in [-0.4, -0.2) is 58.8 Å². The summed E-state index contributed by atoms with van der Waals surface area (Å²) >= 11 is 0. The van der Waals surface area contributed by atoms with Crippen LogP contribution in [0.1, 0.15) is 16.1 Å². The van der Waals surface area contributed by atoms with Crippen molar-refractivity contribution in [1.82, 2.24) is 30.7 Å². The van der Waals surface area contributed by atoms with Crippen molar-refractivity contribution in [2.24, 2.45) is 5.10 Å². The summed E-state index contributed by atoms with van der Waals surface area (Å²) in [6, 6.07) is 12.4. The fourth-order valence-electron chi connectivity index (χ4n) is 3.17. The zero-order valence-electron chi connectivity index (χ0n) is 18.4. The van der Waals surface area contributed by atoms with E-state index in [4.69, 9.17) is 19.9 Å². The number of amides is 1. The second kappa shape index (κ2) is 9.68. The average molecular weight is 464 g/mol. The Hall–Kier alpha value is -4.94. The number of nitrogens with two attached hydrogens (primary N) is 1. The van der Waals surface area contributed by atoms with E-state index < -0.39 is 5.91 Å². The van der Waals surface area contributed by atoms with E-state index in [1.54, 1.807) is 36.4 Å². The van der Waals surface area contributed by atoms with E-state index in [1.165, 1.54) is 32.2 Å². The molecule has 0 fully saturated rings. The number of hydrazone groups is 1. The minimum atomic E-state index is -0.608. The standard InChI is InChI=1S/C21H20N8O5/c1-31-14-9-12(10-15(32-2)18(14)33-3)11-23-25-21(30)16-17(13-7-5-4-6-8-13)29(28-24-16)20-19(22)26-34-27-20/h4-11H,1-3H3,(H2,22,26)(H,25,30)/b23-11-.